The minimum absolute atomic E-state index is 0. The Hall–Kier alpha value is -2.19. The zero-order valence-corrected chi connectivity index (χ0v) is 12.6. The maximum Gasteiger partial charge on any atom is 5.00 e. The van der Waals surface area contributed by atoms with E-state index in [0.29, 0.717) is 13.1 Å². The van der Waals surface area contributed by atoms with Crippen molar-refractivity contribution in [2.45, 2.75) is 0 Å². The minimum atomic E-state index is 0. The average molecular weight is 332 g/mol. The third-order valence-corrected chi connectivity index (χ3v) is 1.12. The Morgan fingerprint density at radius 3 is 0.857 bits per heavy atom. The van der Waals surface area contributed by atoms with Gasteiger partial charge in [0.05, 0.1) is 0 Å². The van der Waals surface area contributed by atoms with Crippen LogP contribution >= 0.6 is 0 Å². The van der Waals surface area contributed by atoms with E-state index < -0.39 is 0 Å². The van der Waals surface area contributed by atoms with Gasteiger partial charge in [-0.1, -0.05) is 0 Å². The monoisotopic (exact) mass is 332 g/mol. The first-order chi connectivity index (χ1) is 9.91. The van der Waals surface area contributed by atoms with Crippen molar-refractivity contribution in [2.24, 2.45) is 11.5 Å². The van der Waals surface area contributed by atoms with E-state index in [1.54, 1.807) is 0 Å². The SMILES string of the molecule is NCCNCCNCCN.[C-]#N.[C-]#N.[C-]#N.[C-]#N.[C-]#N.[Fe+5]. The number of rotatable bonds is 7. The molecule has 0 aliphatic rings. The van der Waals surface area contributed by atoms with Crippen molar-refractivity contribution in [2.75, 3.05) is 39.3 Å². The number of hydrogen-bond acceptors (Lipinski definition) is 9. The van der Waals surface area contributed by atoms with Crippen LogP contribution in [0.1, 0.15) is 0 Å². The molecule has 0 aromatic rings. The van der Waals surface area contributed by atoms with Crippen molar-refractivity contribution in [3.05, 3.63) is 32.9 Å². The molecule has 0 saturated heterocycles. The molecule has 0 aromatic carbocycles. The van der Waals surface area contributed by atoms with Gasteiger partial charge in [-0.3, -0.25) is 0 Å². The summed E-state index contributed by atoms with van der Waals surface area (Å²) in [5.41, 5.74) is 10.5. The summed E-state index contributed by atoms with van der Waals surface area (Å²) in [5.74, 6) is 0. The number of nitrogens with one attached hydrogen (secondary N) is 2. The molecule has 1 radical (unpaired) electrons. The van der Waals surface area contributed by atoms with Crippen LogP contribution in [0.3, 0.4) is 0 Å². The van der Waals surface area contributed by atoms with Crippen LogP contribution in [0.2, 0.25) is 0 Å². The molecule has 0 atom stereocenters. The summed E-state index contributed by atoms with van der Waals surface area (Å²) < 4.78 is 0. The smallest absolute Gasteiger partial charge is 0.512 e. The largest absolute Gasteiger partial charge is 5.00 e. The van der Waals surface area contributed by atoms with E-state index in [1.165, 1.54) is 0 Å². The fourth-order valence-corrected chi connectivity index (χ4v) is 0.631. The minimum Gasteiger partial charge on any atom is -0.512 e. The van der Waals surface area contributed by atoms with Gasteiger partial charge >= 0.3 is 17.1 Å². The fraction of sp³-hybridized carbons (Fsp3) is 0.545. The van der Waals surface area contributed by atoms with Gasteiger partial charge in [-0.05, 0) is 0 Å². The van der Waals surface area contributed by atoms with Crippen LogP contribution < -0.4 is 22.1 Å². The molecule has 0 aliphatic heterocycles. The van der Waals surface area contributed by atoms with E-state index in [-0.39, 0.29) is 17.1 Å². The van der Waals surface area contributed by atoms with Gasteiger partial charge in [0, 0.05) is 39.3 Å². The zero-order chi connectivity index (χ0) is 17.7. The van der Waals surface area contributed by atoms with Crippen LogP contribution in [0.4, 0.5) is 0 Å². The average Bonchev–Trinajstić information content (AvgIpc) is 2.60. The van der Waals surface area contributed by atoms with E-state index in [2.05, 4.69) is 10.6 Å². The van der Waals surface area contributed by atoms with Gasteiger partial charge in [-0.25, -0.2) is 0 Å². The van der Waals surface area contributed by atoms with Gasteiger partial charge in [-0.2, -0.15) is 0 Å². The first kappa shape index (κ1) is 42.8. The first-order valence-electron chi connectivity index (χ1n) is 4.85. The molecule has 0 rings (SSSR count). The molecule has 9 nitrogen and oxygen atoms in total. The Morgan fingerprint density at radius 1 is 0.524 bits per heavy atom. The second-order valence-electron chi connectivity index (χ2n) is 2.08. The van der Waals surface area contributed by atoms with Crippen LogP contribution in [0.5, 0.6) is 0 Å². The van der Waals surface area contributed by atoms with Crippen LogP contribution in [0.15, 0.2) is 0 Å². The second-order valence-corrected chi connectivity index (χ2v) is 2.08. The van der Waals surface area contributed by atoms with Gasteiger partial charge in [0.15, 0.2) is 0 Å². The molecule has 0 bridgehead atoms. The van der Waals surface area contributed by atoms with Crippen LogP contribution in [-0.2, 0) is 17.1 Å². The zero-order valence-electron chi connectivity index (χ0n) is 11.5. The first-order valence-corrected chi connectivity index (χ1v) is 4.85. The number of nitrogens with zero attached hydrogens (tertiary/aromatic N) is 5. The van der Waals surface area contributed by atoms with Crippen molar-refractivity contribution in [3.8, 4) is 0 Å². The molecule has 6 N–H and O–H groups in total. The predicted molar refractivity (Wildman–Crippen MR) is 68.7 cm³/mol. The second kappa shape index (κ2) is 149. The van der Waals surface area contributed by atoms with Gasteiger partial charge in [-0.15, -0.1) is 0 Å². The summed E-state index contributed by atoms with van der Waals surface area (Å²) in [7, 11) is 0. The molecule has 0 spiro atoms. The van der Waals surface area contributed by atoms with Crippen molar-refractivity contribution in [3.63, 3.8) is 0 Å². The van der Waals surface area contributed by atoms with Crippen LogP contribution in [0.25, 0.3) is 0 Å². The van der Waals surface area contributed by atoms with Gasteiger partial charge in [0.25, 0.3) is 0 Å². The van der Waals surface area contributed by atoms with E-state index >= 15 is 0 Å². The Balaban J connectivity index is -0.0000000303. The summed E-state index contributed by atoms with van der Waals surface area (Å²) in [6, 6.07) is 0. The topological polar surface area (TPSA) is 195 Å². The van der Waals surface area contributed by atoms with Crippen molar-refractivity contribution in [1.29, 1.82) is 26.3 Å². The standard InChI is InChI=1S/C6H18N4.5CN.Fe/c7-1-3-9-5-6-10-4-2-8;5*1-2;/h9-10H,1-8H2;;;;;;/q;5*-1;+5. The summed E-state index contributed by atoms with van der Waals surface area (Å²) in [5, 5.41) is 37.6. The Labute approximate surface area is 138 Å². The van der Waals surface area contributed by atoms with E-state index in [9.17, 15) is 0 Å². The van der Waals surface area contributed by atoms with Crippen molar-refractivity contribution >= 4 is 0 Å². The summed E-state index contributed by atoms with van der Waals surface area (Å²) in [6.45, 7) is 28.9. The molecule has 0 aliphatic carbocycles. The fourth-order valence-electron chi connectivity index (χ4n) is 0.631. The maximum absolute atomic E-state index is 6.25. The van der Waals surface area contributed by atoms with E-state index in [0.717, 1.165) is 26.2 Å². The summed E-state index contributed by atoms with van der Waals surface area (Å²) in [6.07, 6.45) is 0. The molecule has 21 heavy (non-hydrogen) atoms. The molecular formula is C11H18FeN9. The van der Waals surface area contributed by atoms with Crippen molar-refractivity contribution in [1.82, 2.24) is 10.6 Å². The Bertz CT molecular complexity index is 167. The molecule has 10 heteroatoms. The molecule has 0 aromatic heterocycles. The molecule has 115 valence electrons. The molecule has 0 unspecified atom stereocenters. The summed E-state index contributed by atoms with van der Waals surface area (Å²) >= 11 is 0. The normalized spacial score (nSPS) is 5.33. The van der Waals surface area contributed by atoms with Gasteiger partial charge in [0.1, 0.15) is 0 Å². The molecule has 0 fully saturated rings. The third kappa shape index (κ3) is 192. The van der Waals surface area contributed by atoms with Gasteiger partial charge < -0.3 is 81.3 Å². The Kier molecular flexibility index (Phi) is 304. The van der Waals surface area contributed by atoms with Crippen molar-refractivity contribution < 1.29 is 17.1 Å². The molecule has 0 amide bonds. The van der Waals surface area contributed by atoms with Gasteiger partial charge in [0.2, 0.25) is 0 Å². The van der Waals surface area contributed by atoms with Crippen LogP contribution in [0, 0.1) is 59.2 Å². The predicted octanol–water partition coefficient (Wildman–Crippen LogP) is -1.44. The molecular weight excluding hydrogens is 314 g/mol. The number of hydrogen-bond donors (Lipinski definition) is 4. The third-order valence-electron chi connectivity index (χ3n) is 1.12. The molecule has 0 heterocycles. The summed E-state index contributed by atoms with van der Waals surface area (Å²) in [4.78, 5) is 0. The van der Waals surface area contributed by atoms with E-state index in [1.807, 2.05) is 0 Å². The maximum atomic E-state index is 6.25. The quantitative estimate of drug-likeness (QED) is 0.245. The number of nitrogens with two attached hydrogens (primary N) is 2. The van der Waals surface area contributed by atoms with Crippen LogP contribution in [-0.4, -0.2) is 39.3 Å². The van der Waals surface area contributed by atoms with E-state index in [4.69, 9.17) is 70.6 Å². The molecule has 0 saturated carbocycles. The Morgan fingerprint density at radius 2 is 0.714 bits per heavy atom.